The molecule has 0 unspecified atom stereocenters. The first-order valence-corrected chi connectivity index (χ1v) is 6.76. The second-order valence-corrected chi connectivity index (χ2v) is 5.68. The summed E-state index contributed by atoms with van der Waals surface area (Å²) in [6, 6.07) is 5.58. The van der Waals surface area contributed by atoms with Crippen LogP contribution < -0.4 is 10.1 Å². The molecule has 0 aromatic carbocycles. The standard InChI is InChI=1S/C14H16N2O2S/c1-9-6-12(10(2)19-9)14(17)16-8-11-4-5-13(18-3)15-7-11/h4-7H,8H2,1-3H3,(H,16,17). The Labute approximate surface area is 116 Å². The number of thiophene rings is 1. The third-order valence-electron chi connectivity index (χ3n) is 2.75. The van der Waals surface area contributed by atoms with E-state index in [4.69, 9.17) is 4.74 Å². The molecule has 100 valence electrons. The van der Waals surface area contributed by atoms with E-state index in [1.165, 1.54) is 0 Å². The van der Waals surface area contributed by atoms with Crippen LogP contribution in [0.1, 0.15) is 25.7 Å². The number of hydrogen-bond acceptors (Lipinski definition) is 4. The van der Waals surface area contributed by atoms with Gasteiger partial charge in [0.05, 0.1) is 12.7 Å². The summed E-state index contributed by atoms with van der Waals surface area (Å²) in [5.74, 6) is 0.525. The molecule has 0 bridgehead atoms. The van der Waals surface area contributed by atoms with E-state index in [-0.39, 0.29) is 5.91 Å². The largest absolute Gasteiger partial charge is 0.481 e. The number of nitrogens with zero attached hydrogens (tertiary/aromatic N) is 1. The molecular weight excluding hydrogens is 260 g/mol. The minimum atomic E-state index is -0.0438. The molecule has 0 saturated carbocycles. The van der Waals surface area contributed by atoms with Crippen molar-refractivity contribution in [1.82, 2.24) is 10.3 Å². The monoisotopic (exact) mass is 276 g/mol. The molecule has 0 fully saturated rings. The normalized spacial score (nSPS) is 10.3. The lowest BCUT2D eigenvalue weighted by atomic mass is 10.2. The molecular formula is C14H16N2O2S. The molecule has 0 saturated heterocycles. The van der Waals surface area contributed by atoms with Crippen LogP contribution in [0.25, 0.3) is 0 Å². The topological polar surface area (TPSA) is 51.2 Å². The number of pyridine rings is 1. The van der Waals surface area contributed by atoms with Gasteiger partial charge in [-0.15, -0.1) is 11.3 Å². The molecule has 0 spiro atoms. The van der Waals surface area contributed by atoms with E-state index in [1.54, 1.807) is 30.7 Å². The van der Waals surface area contributed by atoms with Crippen LogP contribution in [0.2, 0.25) is 0 Å². The Morgan fingerprint density at radius 2 is 2.21 bits per heavy atom. The highest BCUT2D eigenvalue weighted by Gasteiger charge is 2.11. The fraction of sp³-hybridized carbons (Fsp3) is 0.286. The lowest BCUT2D eigenvalue weighted by Crippen LogP contribution is -2.22. The molecule has 4 nitrogen and oxygen atoms in total. The highest BCUT2D eigenvalue weighted by molar-refractivity contribution is 7.12. The quantitative estimate of drug-likeness (QED) is 0.934. The molecule has 2 rings (SSSR count). The van der Waals surface area contributed by atoms with Crippen molar-refractivity contribution in [2.75, 3.05) is 7.11 Å². The fourth-order valence-corrected chi connectivity index (χ4v) is 2.69. The van der Waals surface area contributed by atoms with Crippen LogP contribution in [0.3, 0.4) is 0 Å². The smallest absolute Gasteiger partial charge is 0.252 e. The number of aryl methyl sites for hydroxylation is 2. The molecule has 0 aliphatic heterocycles. The van der Waals surface area contributed by atoms with Gasteiger partial charge in [-0.05, 0) is 25.5 Å². The van der Waals surface area contributed by atoms with Crippen LogP contribution in [0.4, 0.5) is 0 Å². The molecule has 5 heteroatoms. The Morgan fingerprint density at radius 1 is 1.42 bits per heavy atom. The van der Waals surface area contributed by atoms with Gasteiger partial charge in [0, 0.05) is 28.6 Å². The van der Waals surface area contributed by atoms with Gasteiger partial charge >= 0.3 is 0 Å². The number of hydrogen-bond donors (Lipinski definition) is 1. The predicted octanol–water partition coefficient (Wildman–Crippen LogP) is 2.70. The minimum Gasteiger partial charge on any atom is -0.481 e. The van der Waals surface area contributed by atoms with Crippen molar-refractivity contribution in [3.05, 3.63) is 45.3 Å². The Morgan fingerprint density at radius 3 is 2.74 bits per heavy atom. The molecule has 1 N–H and O–H groups in total. The second-order valence-electron chi connectivity index (χ2n) is 4.22. The second kappa shape index (κ2) is 5.84. The van der Waals surface area contributed by atoms with Gasteiger partial charge in [-0.2, -0.15) is 0 Å². The molecule has 19 heavy (non-hydrogen) atoms. The Balaban J connectivity index is 1.98. The SMILES string of the molecule is COc1ccc(CNC(=O)c2cc(C)sc2C)cn1. The zero-order chi connectivity index (χ0) is 13.8. The summed E-state index contributed by atoms with van der Waals surface area (Å²) in [5.41, 5.74) is 1.70. The van der Waals surface area contributed by atoms with Crippen molar-refractivity contribution in [1.29, 1.82) is 0 Å². The summed E-state index contributed by atoms with van der Waals surface area (Å²) < 4.78 is 4.99. The average Bonchev–Trinajstić information content (AvgIpc) is 2.75. The number of nitrogens with one attached hydrogen (secondary N) is 1. The van der Waals surface area contributed by atoms with E-state index in [0.717, 1.165) is 20.9 Å². The third kappa shape index (κ3) is 3.32. The maximum atomic E-state index is 12.0. The van der Waals surface area contributed by atoms with Gasteiger partial charge in [-0.1, -0.05) is 6.07 Å². The third-order valence-corrected chi connectivity index (χ3v) is 3.71. The van der Waals surface area contributed by atoms with Crippen molar-refractivity contribution in [3.8, 4) is 5.88 Å². The molecule has 1 amide bonds. The summed E-state index contributed by atoms with van der Waals surface area (Å²) in [6.45, 7) is 4.42. The number of carbonyl (C=O) groups is 1. The van der Waals surface area contributed by atoms with Gasteiger partial charge < -0.3 is 10.1 Å². The summed E-state index contributed by atoms with van der Waals surface area (Å²) in [6.07, 6.45) is 1.70. The molecule has 2 heterocycles. The van der Waals surface area contributed by atoms with E-state index in [2.05, 4.69) is 10.3 Å². The van der Waals surface area contributed by atoms with Gasteiger partial charge in [0.2, 0.25) is 5.88 Å². The number of amides is 1. The van der Waals surface area contributed by atoms with E-state index in [0.29, 0.717) is 12.4 Å². The fourth-order valence-electron chi connectivity index (χ4n) is 1.77. The first-order valence-electron chi connectivity index (χ1n) is 5.94. The van der Waals surface area contributed by atoms with Crippen LogP contribution in [0.5, 0.6) is 5.88 Å². The molecule has 0 aliphatic carbocycles. The summed E-state index contributed by atoms with van der Waals surface area (Å²) in [7, 11) is 1.57. The number of ether oxygens (including phenoxy) is 1. The van der Waals surface area contributed by atoms with Crippen molar-refractivity contribution in [2.45, 2.75) is 20.4 Å². The first-order chi connectivity index (χ1) is 9.10. The Kier molecular flexibility index (Phi) is 4.16. The van der Waals surface area contributed by atoms with Crippen LogP contribution in [0.15, 0.2) is 24.4 Å². The number of rotatable bonds is 4. The highest BCUT2D eigenvalue weighted by atomic mass is 32.1. The lowest BCUT2D eigenvalue weighted by Gasteiger charge is -2.05. The molecule has 2 aromatic rings. The molecule has 0 radical (unpaired) electrons. The van der Waals surface area contributed by atoms with Crippen LogP contribution in [-0.2, 0) is 6.54 Å². The van der Waals surface area contributed by atoms with E-state index in [9.17, 15) is 4.79 Å². The van der Waals surface area contributed by atoms with E-state index < -0.39 is 0 Å². The number of methoxy groups -OCH3 is 1. The van der Waals surface area contributed by atoms with Gasteiger partial charge in [0.15, 0.2) is 0 Å². The molecule has 0 atom stereocenters. The lowest BCUT2D eigenvalue weighted by molar-refractivity contribution is 0.0951. The Hall–Kier alpha value is -1.88. The summed E-state index contributed by atoms with van der Waals surface area (Å²) in [4.78, 5) is 18.3. The van der Waals surface area contributed by atoms with Gasteiger partial charge in [0.25, 0.3) is 5.91 Å². The van der Waals surface area contributed by atoms with E-state index >= 15 is 0 Å². The van der Waals surface area contributed by atoms with Crippen LogP contribution in [-0.4, -0.2) is 18.0 Å². The first kappa shape index (κ1) is 13.5. The van der Waals surface area contributed by atoms with Gasteiger partial charge in [0.1, 0.15) is 0 Å². The van der Waals surface area contributed by atoms with Crippen molar-refractivity contribution in [2.24, 2.45) is 0 Å². The highest BCUT2D eigenvalue weighted by Crippen LogP contribution is 2.20. The summed E-state index contributed by atoms with van der Waals surface area (Å²) in [5, 5.41) is 2.89. The van der Waals surface area contributed by atoms with Crippen LogP contribution >= 0.6 is 11.3 Å². The van der Waals surface area contributed by atoms with E-state index in [1.807, 2.05) is 26.0 Å². The predicted molar refractivity (Wildman–Crippen MR) is 75.8 cm³/mol. The number of carbonyl (C=O) groups excluding carboxylic acids is 1. The maximum absolute atomic E-state index is 12.0. The van der Waals surface area contributed by atoms with Gasteiger partial charge in [-0.25, -0.2) is 4.98 Å². The maximum Gasteiger partial charge on any atom is 0.252 e. The van der Waals surface area contributed by atoms with Crippen LogP contribution in [0, 0.1) is 13.8 Å². The zero-order valence-corrected chi connectivity index (χ0v) is 12.0. The minimum absolute atomic E-state index is 0.0438. The average molecular weight is 276 g/mol. The Bertz CT molecular complexity index is 576. The number of aromatic nitrogens is 1. The van der Waals surface area contributed by atoms with Gasteiger partial charge in [-0.3, -0.25) is 4.79 Å². The summed E-state index contributed by atoms with van der Waals surface area (Å²) >= 11 is 1.63. The van der Waals surface area contributed by atoms with Crippen molar-refractivity contribution >= 4 is 17.2 Å². The molecule has 0 aliphatic rings. The van der Waals surface area contributed by atoms with Crippen molar-refractivity contribution < 1.29 is 9.53 Å². The molecule has 2 aromatic heterocycles. The zero-order valence-electron chi connectivity index (χ0n) is 11.2. The van der Waals surface area contributed by atoms with Crippen molar-refractivity contribution in [3.63, 3.8) is 0 Å².